The summed E-state index contributed by atoms with van der Waals surface area (Å²) in [6.07, 6.45) is 2.48. The summed E-state index contributed by atoms with van der Waals surface area (Å²) in [5, 5.41) is 3.94. The largest absolute Gasteiger partial charge is 0.493 e. The Morgan fingerprint density at radius 2 is 2.00 bits per heavy atom. The first kappa shape index (κ1) is 15.1. The zero-order chi connectivity index (χ0) is 14.4. The van der Waals surface area contributed by atoms with E-state index in [4.69, 9.17) is 16.3 Å². The predicted octanol–water partition coefficient (Wildman–Crippen LogP) is 2.32. The van der Waals surface area contributed by atoms with Gasteiger partial charge in [0.25, 0.3) is 0 Å². The van der Waals surface area contributed by atoms with E-state index in [-0.39, 0.29) is 5.91 Å². The highest BCUT2D eigenvalue weighted by Crippen LogP contribution is 2.16. The number of ether oxygens (including phenoxy) is 1. The van der Waals surface area contributed by atoms with Gasteiger partial charge in [-0.3, -0.25) is 4.79 Å². The lowest BCUT2D eigenvalue weighted by molar-refractivity contribution is -0.132. The molecule has 5 heteroatoms. The van der Waals surface area contributed by atoms with Crippen LogP contribution in [0.3, 0.4) is 0 Å². The molecule has 20 heavy (non-hydrogen) atoms. The van der Waals surface area contributed by atoms with Crippen LogP contribution in [0.2, 0.25) is 5.02 Å². The molecule has 1 aromatic carbocycles. The molecule has 0 aliphatic carbocycles. The summed E-state index contributed by atoms with van der Waals surface area (Å²) in [6, 6.07) is 7.73. The van der Waals surface area contributed by atoms with Crippen molar-refractivity contribution in [1.29, 1.82) is 0 Å². The smallest absolute Gasteiger partial charge is 0.225 e. The van der Waals surface area contributed by atoms with Gasteiger partial charge in [-0.1, -0.05) is 11.6 Å². The molecule has 1 saturated heterocycles. The first-order valence-electron chi connectivity index (χ1n) is 7.02. The Kier molecular flexibility index (Phi) is 5.68. The van der Waals surface area contributed by atoms with Gasteiger partial charge in [0, 0.05) is 24.2 Å². The van der Waals surface area contributed by atoms with Crippen LogP contribution in [0, 0.1) is 0 Å². The highest BCUT2D eigenvalue weighted by molar-refractivity contribution is 6.30. The van der Waals surface area contributed by atoms with Crippen molar-refractivity contribution < 1.29 is 9.53 Å². The van der Waals surface area contributed by atoms with Crippen LogP contribution in [0.4, 0.5) is 0 Å². The van der Waals surface area contributed by atoms with E-state index in [1.807, 2.05) is 24.1 Å². The van der Waals surface area contributed by atoms with E-state index in [0.29, 0.717) is 24.1 Å². The standard InChI is InChI=1S/C15H21ClN2O2/c1-17-13-6-9-18(10-7-13)15(19)8-11-20-14-4-2-12(16)3-5-14/h2-5,13,17H,6-11H2,1H3. The topological polar surface area (TPSA) is 41.6 Å². The maximum absolute atomic E-state index is 12.0. The lowest BCUT2D eigenvalue weighted by atomic mass is 10.1. The fourth-order valence-electron chi connectivity index (χ4n) is 2.36. The highest BCUT2D eigenvalue weighted by atomic mass is 35.5. The molecule has 4 nitrogen and oxygen atoms in total. The van der Waals surface area contributed by atoms with Crippen molar-refractivity contribution in [3.8, 4) is 5.75 Å². The van der Waals surface area contributed by atoms with E-state index in [0.717, 1.165) is 31.7 Å². The lowest BCUT2D eigenvalue weighted by Gasteiger charge is -2.31. The minimum Gasteiger partial charge on any atom is -0.493 e. The Balaban J connectivity index is 1.69. The molecule has 1 heterocycles. The number of rotatable bonds is 5. The van der Waals surface area contributed by atoms with Gasteiger partial charge >= 0.3 is 0 Å². The number of piperidine rings is 1. The molecule has 0 unspecified atom stereocenters. The lowest BCUT2D eigenvalue weighted by Crippen LogP contribution is -2.44. The number of likely N-dealkylation sites (tertiary alicyclic amines) is 1. The normalized spacial score (nSPS) is 16.2. The molecule has 0 saturated carbocycles. The monoisotopic (exact) mass is 296 g/mol. The van der Waals surface area contributed by atoms with E-state index < -0.39 is 0 Å². The molecule has 1 amide bonds. The molecule has 110 valence electrons. The number of hydrogen-bond acceptors (Lipinski definition) is 3. The third-order valence-corrected chi connectivity index (χ3v) is 3.91. The first-order chi connectivity index (χ1) is 9.69. The van der Waals surface area contributed by atoms with Gasteiger partial charge in [0.15, 0.2) is 0 Å². The second-order valence-corrected chi connectivity index (χ2v) is 5.43. The van der Waals surface area contributed by atoms with Crippen LogP contribution in [0.25, 0.3) is 0 Å². The number of carbonyl (C=O) groups excluding carboxylic acids is 1. The Morgan fingerprint density at radius 1 is 1.35 bits per heavy atom. The summed E-state index contributed by atoms with van der Waals surface area (Å²) in [6.45, 7) is 2.09. The van der Waals surface area contributed by atoms with Crippen molar-refractivity contribution in [2.24, 2.45) is 0 Å². The van der Waals surface area contributed by atoms with Gasteiger partial charge in [-0.05, 0) is 44.2 Å². The van der Waals surface area contributed by atoms with Gasteiger partial charge in [-0.15, -0.1) is 0 Å². The van der Waals surface area contributed by atoms with E-state index in [2.05, 4.69) is 5.32 Å². The fourth-order valence-corrected chi connectivity index (χ4v) is 2.49. The molecule has 0 atom stereocenters. The van der Waals surface area contributed by atoms with Crippen LogP contribution < -0.4 is 10.1 Å². The van der Waals surface area contributed by atoms with Gasteiger partial charge in [0.2, 0.25) is 5.91 Å². The SMILES string of the molecule is CNC1CCN(C(=O)CCOc2ccc(Cl)cc2)CC1. The molecule has 1 aliphatic rings. The van der Waals surface area contributed by atoms with Crippen LogP contribution >= 0.6 is 11.6 Å². The number of nitrogens with zero attached hydrogens (tertiary/aromatic N) is 1. The van der Waals surface area contributed by atoms with Gasteiger partial charge in [-0.25, -0.2) is 0 Å². The summed E-state index contributed by atoms with van der Waals surface area (Å²) >= 11 is 5.80. The van der Waals surface area contributed by atoms with Crippen LogP contribution in [0.5, 0.6) is 5.75 Å². The summed E-state index contributed by atoms with van der Waals surface area (Å²) in [5.74, 6) is 0.921. The molecule has 0 spiro atoms. The number of carbonyl (C=O) groups is 1. The third kappa shape index (κ3) is 4.39. The number of nitrogens with one attached hydrogen (secondary N) is 1. The Hall–Kier alpha value is -1.26. The maximum atomic E-state index is 12.0. The summed E-state index contributed by atoms with van der Waals surface area (Å²) in [4.78, 5) is 14.0. The quantitative estimate of drug-likeness (QED) is 0.907. The van der Waals surface area contributed by atoms with Crippen molar-refractivity contribution in [3.63, 3.8) is 0 Å². The van der Waals surface area contributed by atoms with Crippen molar-refractivity contribution in [2.45, 2.75) is 25.3 Å². The van der Waals surface area contributed by atoms with Gasteiger partial charge in [0.1, 0.15) is 5.75 Å². The maximum Gasteiger partial charge on any atom is 0.225 e. The molecule has 1 aromatic rings. The number of hydrogen-bond donors (Lipinski definition) is 1. The molecular formula is C15H21ClN2O2. The van der Waals surface area contributed by atoms with Crippen LogP contribution in [-0.4, -0.2) is 43.6 Å². The average Bonchev–Trinajstić information content (AvgIpc) is 2.49. The molecule has 2 rings (SSSR count). The second-order valence-electron chi connectivity index (χ2n) is 5.00. The van der Waals surface area contributed by atoms with E-state index in [9.17, 15) is 4.79 Å². The Bertz CT molecular complexity index is 428. The fraction of sp³-hybridized carbons (Fsp3) is 0.533. The molecule has 0 bridgehead atoms. The summed E-state index contributed by atoms with van der Waals surface area (Å²) in [5.41, 5.74) is 0. The van der Waals surface area contributed by atoms with E-state index in [1.165, 1.54) is 0 Å². The van der Waals surface area contributed by atoms with E-state index >= 15 is 0 Å². The van der Waals surface area contributed by atoms with Crippen molar-refractivity contribution in [2.75, 3.05) is 26.7 Å². The van der Waals surface area contributed by atoms with Crippen LogP contribution in [-0.2, 0) is 4.79 Å². The molecule has 1 N–H and O–H groups in total. The Morgan fingerprint density at radius 3 is 2.60 bits per heavy atom. The summed E-state index contributed by atoms with van der Waals surface area (Å²) < 4.78 is 5.55. The van der Waals surface area contributed by atoms with Crippen molar-refractivity contribution in [3.05, 3.63) is 29.3 Å². The van der Waals surface area contributed by atoms with Gasteiger partial charge in [0.05, 0.1) is 13.0 Å². The molecule has 1 fully saturated rings. The zero-order valence-corrected chi connectivity index (χ0v) is 12.5. The summed E-state index contributed by atoms with van der Waals surface area (Å²) in [7, 11) is 1.97. The minimum atomic E-state index is 0.175. The minimum absolute atomic E-state index is 0.175. The highest BCUT2D eigenvalue weighted by Gasteiger charge is 2.21. The number of benzene rings is 1. The van der Waals surface area contributed by atoms with Crippen molar-refractivity contribution >= 4 is 17.5 Å². The molecule has 1 aliphatic heterocycles. The van der Waals surface area contributed by atoms with Crippen molar-refractivity contribution in [1.82, 2.24) is 10.2 Å². The van der Waals surface area contributed by atoms with Crippen LogP contribution in [0.15, 0.2) is 24.3 Å². The second kappa shape index (κ2) is 7.50. The third-order valence-electron chi connectivity index (χ3n) is 3.65. The predicted molar refractivity (Wildman–Crippen MR) is 80.2 cm³/mol. The molecule has 0 radical (unpaired) electrons. The zero-order valence-electron chi connectivity index (χ0n) is 11.8. The molecular weight excluding hydrogens is 276 g/mol. The average molecular weight is 297 g/mol. The first-order valence-corrected chi connectivity index (χ1v) is 7.40. The van der Waals surface area contributed by atoms with Gasteiger partial charge < -0.3 is 15.0 Å². The number of amides is 1. The number of halogens is 1. The van der Waals surface area contributed by atoms with Gasteiger partial charge in [-0.2, -0.15) is 0 Å². The molecule has 0 aromatic heterocycles. The van der Waals surface area contributed by atoms with E-state index in [1.54, 1.807) is 12.1 Å². The Labute approximate surface area is 125 Å². The van der Waals surface area contributed by atoms with Crippen LogP contribution in [0.1, 0.15) is 19.3 Å².